The van der Waals surface area contributed by atoms with Crippen LogP contribution in [-0.2, 0) is 4.79 Å². The third-order valence-electron chi connectivity index (χ3n) is 3.10. The number of aromatic nitrogens is 1. The number of rotatable bonds is 5. The van der Waals surface area contributed by atoms with Gasteiger partial charge >= 0.3 is 5.97 Å². The summed E-state index contributed by atoms with van der Waals surface area (Å²) in [5.41, 5.74) is 0.766. The number of nitrogens with zero attached hydrogens (tertiary/aromatic N) is 1. The average Bonchev–Trinajstić information content (AvgIpc) is 2.22. The van der Waals surface area contributed by atoms with Crippen molar-refractivity contribution in [3.05, 3.63) is 30.1 Å². The largest absolute Gasteiger partial charge is 0.481 e. The zero-order valence-corrected chi connectivity index (χ0v) is 9.10. The molecule has 0 spiro atoms. The maximum absolute atomic E-state index is 11.2. The van der Waals surface area contributed by atoms with E-state index in [0.29, 0.717) is 12.6 Å². The number of hydrogen-bond acceptors (Lipinski definition) is 3. The fourth-order valence-electron chi connectivity index (χ4n) is 1.83. The summed E-state index contributed by atoms with van der Waals surface area (Å²) < 4.78 is 0. The zero-order chi connectivity index (χ0) is 11.4. The van der Waals surface area contributed by atoms with Gasteiger partial charge in [0.05, 0.1) is 5.92 Å². The van der Waals surface area contributed by atoms with Crippen molar-refractivity contribution < 1.29 is 9.90 Å². The Bertz CT molecular complexity index is 349. The van der Waals surface area contributed by atoms with Crippen LogP contribution in [0.5, 0.6) is 0 Å². The lowest BCUT2D eigenvalue weighted by molar-refractivity contribution is -0.138. The molecule has 1 heterocycles. The van der Waals surface area contributed by atoms with Crippen LogP contribution in [0, 0.1) is 0 Å². The van der Waals surface area contributed by atoms with Gasteiger partial charge < -0.3 is 10.4 Å². The second-order valence-corrected chi connectivity index (χ2v) is 4.21. The maximum atomic E-state index is 11.2. The Balaban J connectivity index is 1.96. The third-order valence-corrected chi connectivity index (χ3v) is 3.10. The van der Waals surface area contributed by atoms with E-state index in [4.69, 9.17) is 5.11 Å². The minimum absolute atomic E-state index is 0.491. The summed E-state index contributed by atoms with van der Waals surface area (Å²) in [4.78, 5) is 15.1. The molecule has 1 unspecified atom stereocenters. The van der Waals surface area contributed by atoms with Gasteiger partial charge in [-0.3, -0.25) is 9.78 Å². The minimum Gasteiger partial charge on any atom is -0.481 e. The fraction of sp³-hybridized carbons (Fsp3) is 0.500. The Morgan fingerprint density at radius 2 is 2.44 bits per heavy atom. The predicted octanol–water partition coefficient (Wildman–Crippen LogP) is 1.39. The van der Waals surface area contributed by atoms with Crippen LogP contribution in [0.4, 0.5) is 0 Å². The number of hydrogen-bond donors (Lipinski definition) is 2. The molecule has 1 aromatic rings. The van der Waals surface area contributed by atoms with E-state index in [2.05, 4.69) is 10.3 Å². The van der Waals surface area contributed by atoms with Crippen LogP contribution in [0.15, 0.2) is 24.5 Å². The summed E-state index contributed by atoms with van der Waals surface area (Å²) in [7, 11) is 0. The van der Waals surface area contributed by atoms with E-state index in [-0.39, 0.29) is 0 Å². The molecule has 1 aromatic heterocycles. The molecule has 0 bridgehead atoms. The summed E-state index contributed by atoms with van der Waals surface area (Å²) in [6, 6.07) is 4.10. The molecule has 1 fully saturated rings. The molecule has 1 aliphatic rings. The Hall–Kier alpha value is -1.42. The number of carbonyl (C=O) groups is 1. The first kappa shape index (κ1) is 11.1. The van der Waals surface area contributed by atoms with E-state index in [1.807, 2.05) is 6.07 Å². The van der Waals surface area contributed by atoms with Gasteiger partial charge in [0.15, 0.2) is 0 Å². The van der Waals surface area contributed by atoms with Crippen molar-refractivity contribution in [1.29, 1.82) is 0 Å². The molecular formula is C12H16N2O2. The third kappa shape index (κ3) is 2.58. The van der Waals surface area contributed by atoms with Gasteiger partial charge in [0.25, 0.3) is 0 Å². The van der Waals surface area contributed by atoms with Gasteiger partial charge in [-0.15, -0.1) is 0 Å². The fourth-order valence-corrected chi connectivity index (χ4v) is 1.83. The van der Waals surface area contributed by atoms with Crippen molar-refractivity contribution in [2.45, 2.75) is 31.2 Å². The molecule has 0 aromatic carbocycles. The van der Waals surface area contributed by atoms with Crippen LogP contribution in [0.3, 0.4) is 0 Å². The highest BCUT2D eigenvalue weighted by atomic mass is 16.4. The lowest BCUT2D eigenvalue weighted by Crippen LogP contribution is -2.39. The van der Waals surface area contributed by atoms with Crippen molar-refractivity contribution in [2.75, 3.05) is 6.54 Å². The van der Waals surface area contributed by atoms with Crippen molar-refractivity contribution in [3.8, 4) is 0 Å². The molecule has 0 amide bonds. The second-order valence-electron chi connectivity index (χ2n) is 4.21. The monoisotopic (exact) mass is 220 g/mol. The number of pyridine rings is 1. The average molecular weight is 220 g/mol. The van der Waals surface area contributed by atoms with E-state index < -0.39 is 11.9 Å². The van der Waals surface area contributed by atoms with E-state index >= 15 is 0 Å². The highest BCUT2D eigenvalue weighted by Crippen LogP contribution is 2.20. The molecule has 2 N–H and O–H groups in total. The van der Waals surface area contributed by atoms with Gasteiger partial charge in [0, 0.05) is 25.0 Å². The standard InChI is InChI=1S/C12H16N2O2/c15-12(16)11(8-14-10-4-1-5-10)9-3-2-6-13-7-9/h2-3,6-7,10-11,14H,1,4-5,8H2,(H,15,16). The number of aliphatic carboxylic acids is 1. The molecule has 86 valence electrons. The molecule has 4 heteroatoms. The molecule has 4 nitrogen and oxygen atoms in total. The predicted molar refractivity (Wildman–Crippen MR) is 60.3 cm³/mol. The topological polar surface area (TPSA) is 62.2 Å². The van der Waals surface area contributed by atoms with E-state index in [9.17, 15) is 4.79 Å². The van der Waals surface area contributed by atoms with Gasteiger partial charge in [-0.1, -0.05) is 12.5 Å². The lowest BCUT2D eigenvalue weighted by Gasteiger charge is -2.28. The van der Waals surface area contributed by atoms with Gasteiger partial charge in [-0.2, -0.15) is 0 Å². The molecule has 2 rings (SSSR count). The number of carboxylic acid groups (broad SMARTS) is 1. The molecule has 0 aliphatic heterocycles. The lowest BCUT2D eigenvalue weighted by atomic mass is 9.92. The highest BCUT2D eigenvalue weighted by molar-refractivity contribution is 5.76. The quantitative estimate of drug-likeness (QED) is 0.787. The molecule has 1 saturated carbocycles. The molecular weight excluding hydrogens is 204 g/mol. The van der Waals surface area contributed by atoms with Crippen LogP contribution in [0.25, 0.3) is 0 Å². The van der Waals surface area contributed by atoms with Crippen molar-refractivity contribution in [2.24, 2.45) is 0 Å². The van der Waals surface area contributed by atoms with Gasteiger partial charge in [0.1, 0.15) is 0 Å². The molecule has 16 heavy (non-hydrogen) atoms. The van der Waals surface area contributed by atoms with Crippen LogP contribution in [0.2, 0.25) is 0 Å². The first-order valence-corrected chi connectivity index (χ1v) is 5.63. The highest BCUT2D eigenvalue weighted by Gasteiger charge is 2.23. The van der Waals surface area contributed by atoms with Crippen molar-refractivity contribution >= 4 is 5.97 Å². The Morgan fingerprint density at radius 3 is 2.94 bits per heavy atom. The normalized spacial score (nSPS) is 17.8. The molecule has 1 aliphatic carbocycles. The van der Waals surface area contributed by atoms with Crippen LogP contribution < -0.4 is 5.32 Å². The van der Waals surface area contributed by atoms with Crippen LogP contribution in [-0.4, -0.2) is 28.6 Å². The van der Waals surface area contributed by atoms with E-state index in [1.54, 1.807) is 18.5 Å². The van der Waals surface area contributed by atoms with Crippen LogP contribution >= 0.6 is 0 Å². The van der Waals surface area contributed by atoms with Gasteiger partial charge in [-0.05, 0) is 24.5 Å². The number of nitrogens with one attached hydrogen (secondary N) is 1. The Labute approximate surface area is 94.7 Å². The van der Waals surface area contributed by atoms with Crippen LogP contribution in [0.1, 0.15) is 30.7 Å². The summed E-state index contributed by atoms with van der Waals surface area (Å²) in [6.07, 6.45) is 6.87. The van der Waals surface area contributed by atoms with Gasteiger partial charge in [-0.25, -0.2) is 0 Å². The SMILES string of the molecule is O=C(O)C(CNC1CCC1)c1cccnc1. The minimum atomic E-state index is -0.792. The maximum Gasteiger partial charge on any atom is 0.312 e. The van der Waals surface area contributed by atoms with E-state index in [0.717, 1.165) is 5.56 Å². The first-order valence-electron chi connectivity index (χ1n) is 5.63. The van der Waals surface area contributed by atoms with Crippen molar-refractivity contribution in [1.82, 2.24) is 10.3 Å². The first-order chi connectivity index (χ1) is 7.77. The Kier molecular flexibility index (Phi) is 3.51. The smallest absolute Gasteiger partial charge is 0.312 e. The summed E-state index contributed by atoms with van der Waals surface area (Å²) in [5.74, 6) is -1.28. The second kappa shape index (κ2) is 5.07. The van der Waals surface area contributed by atoms with Gasteiger partial charge in [0.2, 0.25) is 0 Å². The molecule has 0 radical (unpaired) electrons. The van der Waals surface area contributed by atoms with Crippen molar-refractivity contribution in [3.63, 3.8) is 0 Å². The summed E-state index contributed by atoms with van der Waals surface area (Å²) in [5, 5.41) is 12.5. The summed E-state index contributed by atoms with van der Waals surface area (Å²) >= 11 is 0. The zero-order valence-electron chi connectivity index (χ0n) is 9.10. The van der Waals surface area contributed by atoms with E-state index in [1.165, 1.54) is 19.3 Å². The molecule has 1 atom stereocenters. The Morgan fingerprint density at radius 1 is 1.62 bits per heavy atom. The summed E-state index contributed by atoms with van der Waals surface area (Å²) in [6.45, 7) is 0.492. The molecule has 0 saturated heterocycles. The number of carboxylic acids is 1.